The van der Waals surface area contributed by atoms with Crippen molar-refractivity contribution in [3.63, 3.8) is 0 Å². The number of carbonyl (C=O) groups is 1. The molecule has 0 aliphatic carbocycles. The highest BCUT2D eigenvalue weighted by molar-refractivity contribution is 5.64. The second kappa shape index (κ2) is 7.75. The number of rotatable bonds is 6. The summed E-state index contributed by atoms with van der Waals surface area (Å²) in [6, 6.07) is 9.94. The van der Waals surface area contributed by atoms with Crippen molar-refractivity contribution < 1.29 is 14.6 Å². The molecule has 20 heavy (non-hydrogen) atoms. The number of benzene rings is 1. The Kier molecular flexibility index (Phi) is 5.68. The number of ether oxygens (including phenoxy) is 1. The second-order valence-corrected chi connectivity index (χ2v) is 5.06. The number of hydrogen-bond donors (Lipinski definition) is 2. The summed E-state index contributed by atoms with van der Waals surface area (Å²) in [4.78, 5) is 12.7. The molecule has 2 N–H and O–H groups in total. The summed E-state index contributed by atoms with van der Waals surface area (Å²) in [7, 11) is 0. The summed E-state index contributed by atoms with van der Waals surface area (Å²) < 4.78 is 5.94. The van der Waals surface area contributed by atoms with Gasteiger partial charge in [0, 0.05) is 19.6 Å². The fraction of sp³-hybridized carbons (Fsp3) is 0.533. The lowest BCUT2D eigenvalue weighted by molar-refractivity contribution is 0.0999. The van der Waals surface area contributed by atoms with Crippen molar-refractivity contribution in [1.29, 1.82) is 0 Å². The van der Waals surface area contributed by atoms with Crippen LogP contribution in [0.1, 0.15) is 19.3 Å². The predicted molar refractivity (Wildman–Crippen MR) is 77.2 cm³/mol. The van der Waals surface area contributed by atoms with E-state index in [1.165, 1.54) is 0 Å². The second-order valence-electron chi connectivity index (χ2n) is 5.06. The van der Waals surface area contributed by atoms with Crippen LogP contribution in [-0.2, 0) is 0 Å². The highest BCUT2D eigenvalue weighted by Crippen LogP contribution is 2.18. The van der Waals surface area contributed by atoms with Gasteiger partial charge in [-0.15, -0.1) is 0 Å². The van der Waals surface area contributed by atoms with Crippen LogP contribution in [0.15, 0.2) is 30.3 Å². The number of likely N-dealkylation sites (tertiary alicyclic amines) is 1. The van der Waals surface area contributed by atoms with E-state index < -0.39 is 6.09 Å². The minimum Gasteiger partial charge on any atom is -0.490 e. The molecule has 1 aromatic rings. The van der Waals surface area contributed by atoms with E-state index in [9.17, 15) is 4.79 Å². The fourth-order valence-electron chi connectivity index (χ4n) is 2.44. The van der Waals surface area contributed by atoms with Gasteiger partial charge < -0.3 is 20.1 Å². The van der Waals surface area contributed by atoms with Crippen LogP contribution in [-0.4, -0.2) is 48.4 Å². The number of para-hydroxylation sites is 1. The molecule has 1 fully saturated rings. The molecule has 110 valence electrons. The molecule has 1 aliphatic rings. The highest BCUT2D eigenvalue weighted by atomic mass is 16.5. The molecule has 2 rings (SSSR count). The van der Waals surface area contributed by atoms with Gasteiger partial charge in [0.05, 0.1) is 0 Å². The fourth-order valence-corrected chi connectivity index (χ4v) is 2.44. The Hall–Kier alpha value is -1.75. The molecule has 1 saturated heterocycles. The molecule has 1 aromatic carbocycles. The molecule has 0 unspecified atom stereocenters. The summed E-state index contributed by atoms with van der Waals surface area (Å²) >= 11 is 0. The molecule has 1 amide bonds. The van der Waals surface area contributed by atoms with Gasteiger partial charge >= 0.3 is 6.09 Å². The van der Waals surface area contributed by atoms with Crippen molar-refractivity contribution in [2.24, 2.45) is 0 Å². The van der Waals surface area contributed by atoms with E-state index in [2.05, 4.69) is 10.2 Å². The van der Waals surface area contributed by atoms with E-state index in [0.29, 0.717) is 12.6 Å². The lowest BCUT2D eigenvalue weighted by atomic mass is 10.1. The van der Waals surface area contributed by atoms with E-state index in [1.807, 2.05) is 30.3 Å². The van der Waals surface area contributed by atoms with Gasteiger partial charge in [0.2, 0.25) is 0 Å². The molecule has 1 aliphatic heterocycles. The first kappa shape index (κ1) is 14.7. The molecular formula is C15H22N2O3. The third kappa shape index (κ3) is 5.09. The molecule has 0 radical (unpaired) electrons. The van der Waals surface area contributed by atoms with Crippen molar-refractivity contribution in [3.05, 3.63) is 30.3 Å². The summed E-state index contributed by atoms with van der Waals surface area (Å²) in [6.07, 6.45) is 2.27. The topological polar surface area (TPSA) is 61.8 Å². The first-order valence-electron chi connectivity index (χ1n) is 7.15. The van der Waals surface area contributed by atoms with Crippen LogP contribution >= 0.6 is 0 Å². The number of nitrogens with one attached hydrogen (secondary N) is 1. The van der Waals surface area contributed by atoms with Crippen LogP contribution < -0.4 is 10.1 Å². The van der Waals surface area contributed by atoms with Crippen molar-refractivity contribution in [2.75, 3.05) is 26.2 Å². The van der Waals surface area contributed by atoms with Gasteiger partial charge in [0.15, 0.2) is 0 Å². The zero-order chi connectivity index (χ0) is 14.2. The number of amides is 1. The van der Waals surface area contributed by atoms with E-state index in [-0.39, 0.29) is 0 Å². The molecule has 5 nitrogen and oxygen atoms in total. The normalized spacial score (nSPS) is 16.8. The average Bonchev–Trinajstić information content (AvgIpc) is 2.46. The zero-order valence-corrected chi connectivity index (χ0v) is 11.6. The van der Waals surface area contributed by atoms with Gasteiger partial charge in [-0.3, -0.25) is 0 Å². The molecule has 1 heterocycles. The van der Waals surface area contributed by atoms with Crippen molar-refractivity contribution in [3.8, 4) is 5.75 Å². The Balaban J connectivity index is 1.61. The largest absolute Gasteiger partial charge is 0.490 e. The zero-order valence-electron chi connectivity index (χ0n) is 11.6. The monoisotopic (exact) mass is 278 g/mol. The van der Waals surface area contributed by atoms with Crippen molar-refractivity contribution >= 4 is 6.09 Å². The summed E-state index contributed by atoms with van der Waals surface area (Å²) in [5.41, 5.74) is 0. The number of carboxylic acid groups (broad SMARTS) is 1. The first-order chi connectivity index (χ1) is 9.74. The van der Waals surface area contributed by atoms with Gasteiger partial charge in [-0.25, -0.2) is 4.79 Å². The SMILES string of the molecule is O=C(O)NCCCN1CCC(Oc2ccccc2)CC1. The number of hydrogen-bond acceptors (Lipinski definition) is 3. The van der Waals surface area contributed by atoms with Crippen LogP contribution in [0.2, 0.25) is 0 Å². The van der Waals surface area contributed by atoms with Crippen LogP contribution in [0.25, 0.3) is 0 Å². The van der Waals surface area contributed by atoms with Crippen molar-refractivity contribution in [1.82, 2.24) is 10.2 Å². The lowest BCUT2D eigenvalue weighted by Crippen LogP contribution is -2.39. The lowest BCUT2D eigenvalue weighted by Gasteiger charge is -2.32. The summed E-state index contributed by atoms with van der Waals surface area (Å²) in [5, 5.41) is 10.9. The molecule has 0 aromatic heterocycles. The molecule has 5 heteroatoms. The van der Waals surface area contributed by atoms with E-state index in [1.54, 1.807) is 0 Å². The summed E-state index contributed by atoms with van der Waals surface area (Å²) in [5.74, 6) is 0.941. The van der Waals surface area contributed by atoms with Gasteiger partial charge in [-0.1, -0.05) is 18.2 Å². The minimum atomic E-state index is -0.944. The van der Waals surface area contributed by atoms with E-state index in [4.69, 9.17) is 9.84 Å². The summed E-state index contributed by atoms with van der Waals surface area (Å²) in [6.45, 7) is 3.50. The smallest absolute Gasteiger partial charge is 0.404 e. The minimum absolute atomic E-state index is 0.297. The Bertz CT molecular complexity index is 403. The Labute approximate surface area is 119 Å². The van der Waals surface area contributed by atoms with Gasteiger partial charge in [0.1, 0.15) is 11.9 Å². The standard InChI is InChI=1S/C15H22N2O3/c18-15(19)16-9-4-10-17-11-7-14(8-12-17)20-13-5-2-1-3-6-13/h1-3,5-6,14,16H,4,7-12H2,(H,18,19). The van der Waals surface area contributed by atoms with Gasteiger partial charge in [-0.2, -0.15) is 0 Å². The quantitative estimate of drug-likeness (QED) is 0.783. The Morgan fingerprint density at radius 1 is 1.30 bits per heavy atom. The van der Waals surface area contributed by atoms with E-state index >= 15 is 0 Å². The van der Waals surface area contributed by atoms with Gasteiger partial charge in [-0.05, 0) is 37.9 Å². The molecule has 0 atom stereocenters. The maximum Gasteiger partial charge on any atom is 0.404 e. The van der Waals surface area contributed by atoms with Crippen LogP contribution in [0, 0.1) is 0 Å². The highest BCUT2D eigenvalue weighted by Gasteiger charge is 2.19. The number of nitrogens with zero attached hydrogens (tertiary/aromatic N) is 1. The maximum atomic E-state index is 10.3. The number of piperidine rings is 1. The molecular weight excluding hydrogens is 256 g/mol. The van der Waals surface area contributed by atoms with Crippen LogP contribution in [0.5, 0.6) is 5.75 Å². The van der Waals surface area contributed by atoms with Gasteiger partial charge in [0.25, 0.3) is 0 Å². The van der Waals surface area contributed by atoms with Crippen LogP contribution in [0.4, 0.5) is 4.79 Å². The average molecular weight is 278 g/mol. The van der Waals surface area contributed by atoms with E-state index in [0.717, 1.165) is 44.6 Å². The third-order valence-electron chi connectivity index (χ3n) is 3.51. The van der Waals surface area contributed by atoms with Crippen molar-refractivity contribution in [2.45, 2.75) is 25.4 Å². The molecule has 0 bridgehead atoms. The maximum absolute atomic E-state index is 10.3. The first-order valence-corrected chi connectivity index (χ1v) is 7.15. The molecule has 0 spiro atoms. The Morgan fingerprint density at radius 3 is 2.65 bits per heavy atom. The molecule has 0 saturated carbocycles. The Morgan fingerprint density at radius 2 is 2.00 bits per heavy atom. The third-order valence-corrected chi connectivity index (χ3v) is 3.51. The van der Waals surface area contributed by atoms with Crippen LogP contribution in [0.3, 0.4) is 0 Å². The predicted octanol–water partition coefficient (Wildman–Crippen LogP) is 2.19.